The number of imidazole rings is 1. The SMILES string of the molecule is Cl.O=C(/C=C/c1ccccc1Cl)N(CCCn1ccnc1)c1nc2c(Cl)cccc2s1. The third-order valence-corrected chi connectivity index (χ3v) is 6.22. The van der Waals surface area contributed by atoms with Crippen LogP contribution in [0.15, 0.2) is 67.3 Å². The average molecular weight is 494 g/mol. The van der Waals surface area contributed by atoms with Gasteiger partial charge in [0.1, 0.15) is 5.52 Å². The first-order chi connectivity index (χ1) is 14.6. The van der Waals surface area contributed by atoms with Gasteiger partial charge >= 0.3 is 0 Å². The Morgan fingerprint density at radius 2 is 1.94 bits per heavy atom. The molecule has 0 bridgehead atoms. The summed E-state index contributed by atoms with van der Waals surface area (Å²) >= 11 is 13.9. The zero-order chi connectivity index (χ0) is 20.9. The number of benzene rings is 2. The lowest BCUT2D eigenvalue weighted by Gasteiger charge is -2.18. The number of fused-ring (bicyclic) bond motifs is 1. The maximum atomic E-state index is 13.1. The molecular weight excluding hydrogens is 475 g/mol. The summed E-state index contributed by atoms with van der Waals surface area (Å²) < 4.78 is 2.93. The molecule has 160 valence electrons. The molecule has 31 heavy (non-hydrogen) atoms. The van der Waals surface area contributed by atoms with E-state index in [1.165, 1.54) is 17.4 Å². The van der Waals surface area contributed by atoms with Gasteiger partial charge in [-0.15, -0.1) is 12.4 Å². The van der Waals surface area contributed by atoms with E-state index >= 15 is 0 Å². The number of hydrogen-bond donors (Lipinski definition) is 0. The van der Waals surface area contributed by atoms with Crippen LogP contribution in [0.25, 0.3) is 16.3 Å². The van der Waals surface area contributed by atoms with E-state index in [1.807, 2.05) is 41.1 Å². The molecule has 0 aliphatic rings. The number of carbonyl (C=O) groups is 1. The van der Waals surface area contributed by atoms with Crippen LogP contribution in [0.1, 0.15) is 12.0 Å². The van der Waals surface area contributed by atoms with Crippen LogP contribution >= 0.6 is 46.9 Å². The van der Waals surface area contributed by atoms with Crippen LogP contribution in [-0.4, -0.2) is 27.0 Å². The minimum atomic E-state index is -0.157. The molecule has 0 radical (unpaired) electrons. The van der Waals surface area contributed by atoms with E-state index in [9.17, 15) is 4.79 Å². The molecule has 0 N–H and O–H groups in total. The Hall–Kier alpha value is -2.38. The van der Waals surface area contributed by atoms with E-state index in [0.717, 1.165) is 23.2 Å². The topological polar surface area (TPSA) is 51.0 Å². The monoisotopic (exact) mass is 492 g/mol. The maximum Gasteiger partial charge on any atom is 0.252 e. The Labute approximate surface area is 200 Å². The number of para-hydroxylation sites is 1. The number of hydrogen-bond acceptors (Lipinski definition) is 4. The molecule has 0 aliphatic carbocycles. The van der Waals surface area contributed by atoms with Crippen LogP contribution in [0, 0.1) is 0 Å². The van der Waals surface area contributed by atoms with Gasteiger partial charge in [-0.05, 0) is 36.3 Å². The quantitative estimate of drug-likeness (QED) is 0.282. The lowest BCUT2D eigenvalue weighted by Crippen LogP contribution is -2.30. The fraction of sp³-hybridized carbons (Fsp3) is 0.136. The normalized spacial score (nSPS) is 11.0. The number of aromatic nitrogens is 3. The van der Waals surface area contributed by atoms with Crippen molar-refractivity contribution in [3.63, 3.8) is 0 Å². The number of nitrogens with zero attached hydrogens (tertiary/aromatic N) is 4. The van der Waals surface area contributed by atoms with Crippen LogP contribution in [0.4, 0.5) is 5.13 Å². The Kier molecular flexibility index (Phi) is 8.09. The number of halogens is 3. The molecule has 4 rings (SSSR count). The van der Waals surface area contributed by atoms with Crippen molar-refractivity contribution < 1.29 is 4.79 Å². The molecule has 0 spiro atoms. The van der Waals surface area contributed by atoms with Gasteiger partial charge < -0.3 is 4.57 Å². The minimum Gasteiger partial charge on any atom is -0.337 e. The second-order valence-corrected chi connectivity index (χ2v) is 8.41. The van der Waals surface area contributed by atoms with Gasteiger partial charge in [-0.2, -0.15) is 0 Å². The molecule has 9 heteroatoms. The van der Waals surface area contributed by atoms with Crippen molar-refractivity contribution in [2.75, 3.05) is 11.4 Å². The first-order valence-electron chi connectivity index (χ1n) is 9.37. The van der Waals surface area contributed by atoms with Crippen LogP contribution in [0.2, 0.25) is 10.0 Å². The van der Waals surface area contributed by atoms with Crippen molar-refractivity contribution in [3.05, 3.63) is 82.9 Å². The summed E-state index contributed by atoms with van der Waals surface area (Å²) in [4.78, 5) is 23.5. The maximum absolute atomic E-state index is 13.1. The van der Waals surface area contributed by atoms with Gasteiger partial charge in [-0.25, -0.2) is 9.97 Å². The standard InChI is InChI=1S/C22H18Cl2N4OS.ClH/c23-17-6-2-1-5-16(17)9-10-20(29)28(13-4-12-27-14-11-25-15-27)22-26-21-18(24)7-3-8-19(21)30-22;/h1-3,5-11,14-15H,4,12-13H2;1H/b10-9+;. The van der Waals surface area contributed by atoms with Gasteiger partial charge in [0.25, 0.3) is 5.91 Å². The first-order valence-corrected chi connectivity index (χ1v) is 10.9. The second-order valence-electron chi connectivity index (χ2n) is 6.58. The van der Waals surface area contributed by atoms with E-state index in [2.05, 4.69) is 9.97 Å². The third kappa shape index (κ3) is 5.66. The summed E-state index contributed by atoms with van der Waals surface area (Å²) in [6, 6.07) is 13.0. The van der Waals surface area contributed by atoms with Crippen molar-refractivity contribution >= 4 is 74.3 Å². The van der Waals surface area contributed by atoms with Gasteiger partial charge in [0.2, 0.25) is 0 Å². The Balaban J connectivity index is 0.00000272. The third-order valence-electron chi connectivity index (χ3n) is 4.52. The molecule has 0 fully saturated rings. The summed E-state index contributed by atoms with van der Waals surface area (Å²) in [6.07, 6.45) is 9.43. The van der Waals surface area contributed by atoms with Crippen molar-refractivity contribution in [1.82, 2.24) is 14.5 Å². The van der Waals surface area contributed by atoms with Crippen molar-refractivity contribution in [2.45, 2.75) is 13.0 Å². The molecule has 4 aromatic rings. The van der Waals surface area contributed by atoms with Crippen molar-refractivity contribution in [2.24, 2.45) is 0 Å². The average Bonchev–Trinajstić information content (AvgIpc) is 3.41. The van der Waals surface area contributed by atoms with Gasteiger partial charge in [-0.1, -0.05) is 58.8 Å². The molecule has 5 nitrogen and oxygen atoms in total. The Morgan fingerprint density at radius 3 is 2.68 bits per heavy atom. The van der Waals surface area contributed by atoms with Crippen LogP contribution < -0.4 is 4.90 Å². The lowest BCUT2D eigenvalue weighted by molar-refractivity contribution is -0.114. The van der Waals surface area contributed by atoms with Crippen molar-refractivity contribution in [3.8, 4) is 0 Å². The van der Waals surface area contributed by atoms with E-state index in [0.29, 0.717) is 27.2 Å². The summed E-state index contributed by atoms with van der Waals surface area (Å²) in [5.41, 5.74) is 1.50. The summed E-state index contributed by atoms with van der Waals surface area (Å²) in [5.74, 6) is -0.157. The summed E-state index contributed by atoms with van der Waals surface area (Å²) in [7, 11) is 0. The van der Waals surface area contributed by atoms with Gasteiger partial charge in [0.05, 0.1) is 16.0 Å². The molecule has 0 saturated heterocycles. The molecule has 2 aromatic carbocycles. The number of thiazole rings is 1. The van der Waals surface area contributed by atoms with Gasteiger partial charge in [-0.3, -0.25) is 9.69 Å². The Bertz CT molecular complexity index is 1190. The van der Waals surface area contributed by atoms with Crippen LogP contribution in [-0.2, 0) is 11.3 Å². The van der Waals surface area contributed by atoms with E-state index < -0.39 is 0 Å². The zero-order valence-electron chi connectivity index (χ0n) is 16.3. The molecule has 0 unspecified atom stereocenters. The zero-order valence-corrected chi connectivity index (χ0v) is 19.5. The molecule has 0 saturated carbocycles. The number of carbonyl (C=O) groups excluding carboxylic acids is 1. The number of amides is 1. The predicted molar refractivity (Wildman–Crippen MR) is 132 cm³/mol. The van der Waals surface area contributed by atoms with Gasteiger partial charge in [0.15, 0.2) is 5.13 Å². The molecule has 2 heterocycles. The van der Waals surface area contributed by atoms with Crippen LogP contribution in [0.3, 0.4) is 0 Å². The number of anilines is 1. The van der Waals surface area contributed by atoms with E-state index in [4.69, 9.17) is 23.2 Å². The molecular formula is C22H19Cl3N4OS. The molecule has 2 aromatic heterocycles. The second kappa shape index (κ2) is 10.8. The minimum absolute atomic E-state index is 0. The fourth-order valence-electron chi connectivity index (χ4n) is 3.01. The highest BCUT2D eigenvalue weighted by Crippen LogP contribution is 2.33. The molecule has 0 aliphatic heterocycles. The highest BCUT2D eigenvalue weighted by molar-refractivity contribution is 7.22. The van der Waals surface area contributed by atoms with Crippen molar-refractivity contribution in [1.29, 1.82) is 0 Å². The fourth-order valence-corrected chi connectivity index (χ4v) is 4.51. The summed E-state index contributed by atoms with van der Waals surface area (Å²) in [5, 5.41) is 1.80. The predicted octanol–water partition coefficient (Wildman–Crippen LogP) is 6.36. The lowest BCUT2D eigenvalue weighted by atomic mass is 10.2. The number of aryl methyl sites for hydroxylation is 1. The molecule has 1 amide bonds. The Morgan fingerprint density at radius 1 is 1.13 bits per heavy atom. The summed E-state index contributed by atoms with van der Waals surface area (Å²) in [6.45, 7) is 1.27. The molecule has 0 atom stereocenters. The van der Waals surface area contributed by atoms with E-state index in [1.54, 1.807) is 35.6 Å². The van der Waals surface area contributed by atoms with Crippen LogP contribution in [0.5, 0.6) is 0 Å². The first kappa shape index (κ1) is 23.3. The number of rotatable bonds is 7. The smallest absolute Gasteiger partial charge is 0.252 e. The highest BCUT2D eigenvalue weighted by atomic mass is 35.5. The largest absolute Gasteiger partial charge is 0.337 e. The van der Waals surface area contributed by atoms with E-state index in [-0.39, 0.29) is 18.3 Å². The van der Waals surface area contributed by atoms with Gasteiger partial charge in [0, 0.05) is 36.6 Å². The highest BCUT2D eigenvalue weighted by Gasteiger charge is 2.18.